The average molecular weight is 324 g/mol. The highest BCUT2D eigenvalue weighted by Crippen LogP contribution is 2.39. The van der Waals surface area contributed by atoms with E-state index in [1.165, 1.54) is 16.7 Å². The molecule has 0 spiro atoms. The second kappa shape index (κ2) is 7.49. The van der Waals surface area contributed by atoms with Crippen molar-refractivity contribution in [3.05, 3.63) is 65.2 Å². The van der Waals surface area contributed by atoms with Gasteiger partial charge in [0.25, 0.3) is 5.91 Å². The van der Waals surface area contributed by atoms with Crippen molar-refractivity contribution >= 4 is 5.91 Å². The number of rotatable bonds is 6. The number of ether oxygens (including phenoxy) is 1. The fraction of sp³-hybridized carbons (Fsp3) is 0.350. The van der Waals surface area contributed by atoms with E-state index in [1.54, 1.807) is 0 Å². The Morgan fingerprint density at radius 2 is 1.96 bits per heavy atom. The highest BCUT2D eigenvalue weighted by molar-refractivity contribution is 5.75. The Kier molecular flexibility index (Phi) is 5.16. The first kappa shape index (κ1) is 16.5. The summed E-state index contributed by atoms with van der Waals surface area (Å²) in [6, 6.07) is 16.6. The topological polar surface area (TPSA) is 78.3 Å². The molecule has 24 heavy (non-hydrogen) atoms. The van der Waals surface area contributed by atoms with Gasteiger partial charge in [-0.25, -0.2) is 0 Å². The molecule has 2 aromatic rings. The molecule has 1 aliphatic rings. The van der Waals surface area contributed by atoms with Gasteiger partial charge in [-0.3, -0.25) is 4.79 Å². The van der Waals surface area contributed by atoms with Crippen LogP contribution in [0.5, 0.6) is 5.75 Å². The van der Waals surface area contributed by atoms with Crippen LogP contribution in [0.25, 0.3) is 0 Å². The van der Waals surface area contributed by atoms with E-state index in [1.807, 2.05) is 12.1 Å². The van der Waals surface area contributed by atoms with E-state index < -0.39 is 5.91 Å². The van der Waals surface area contributed by atoms with Crippen LogP contribution in [0.4, 0.5) is 0 Å². The third kappa shape index (κ3) is 3.77. The summed E-state index contributed by atoms with van der Waals surface area (Å²) in [6.45, 7) is 0.589. The molecule has 0 saturated carbocycles. The zero-order chi connectivity index (χ0) is 16.9. The van der Waals surface area contributed by atoms with E-state index in [4.69, 9.17) is 16.2 Å². The van der Waals surface area contributed by atoms with Crippen LogP contribution in [0, 0.1) is 5.92 Å². The summed E-state index contributed by atoms with van der Waals surface area (Å²) in [5.74, 6) is 1.07. The lowest BCUT2D eigenvalue weighted by atomic mass is 9.72. The SMILES string of the molecule is NCC1CCc2ccc(OCC(N)=O)cc2C1Cc1ccccc1. The van der Waals surface area contributed by atoms with Crippen LogP contribution in [-0.4, -0.2) is 19.1 Å². The number of fused-ring (bicyclic) bond motifs is 1. The van der Waals surface area contributed by atoms with Gasteiger partial charge in [0.05, 0.1) is 0 Å². The van der Waals surface area contributed by atoms with Crippen molar-refractivity contribution in [1.82, 2.24) is 0 Å². The monoisotopic (exact) mass is 324 g/mol. The van der Waals surface area contributed by atoms with Gasteiger partial charge in [0.15, 0.2) is 6.61 Å². The van der Waals surface area contributed by atoms with E-state index in [2.05, 4.69) is 36.4 Å². The summed E-state index contributed by atoms with van der Waals surface area (Å²) in [4.78, 5) is 10.9. The molecule has 3 rings (SSSR count). The second-order valence-corrected chi connectivity index (χ2v) is 6.45. The third-order valence-corrected chi connectivity index (χ3v) is 4.85. The number of primary amides is 1. The highest BCUT2D eigenvalue weighted by atomic mass is 16.5. The number of hydrogen-bond donors (Lipinski definition) is 2. The normalized spacial score (nSPS) is 19.5. The molecule has 0 radical (unpaired) electrons. The van der Waals surface area contributed by atoms with Crippen LogP contribution < -0.4 is 16.2 Å². The average Bonchev–Trinajstić information content (AvgIpc) is 2.61. The van der Waals surface area contributed by atoms with Crippen molar-refractivity contribution < 1.29 is 9.53 Å². The Morgan fingerprint density at radius 1 is 1.17 bits per heavy atom. The van der Waals surface area contributed by atoms with E-state index in [0.717, 1.165) is 19.3 Å². The molecule has 0 bridgehead atoms. The quantitative estimate of drug-likeness (QED) is 0.856. The van der Waals surface area contributed by atoms with Gasteiger partial charge in [-0.1, -0.05) is 36.4 Å². The number of carbonyl (C=O) groups excluding carboxylic acids is 1. The smallest absolute Gasteiger partial charge is 0.255 e. The highest BCUT2D eigenvalue weighted by Gasteiger charge is 2.29. The Balaban J connectivity index is 1.89. The molecule has 0 aromatic heterocycles. The Morgan fingerprint density at radius 3 is 2.67 bits per heavy atom. The molecule has 0 aliphatic heterocycles. The van der Waals surface area contributed by atoms with E-state index >= 15 is 0 Å². The van der Waals surface area contributed by atoms with Crippen LogP contribution >= 0.6 is 0 Å². The van der Waals surface area contributed by atoms with E-state index in [0.29, 0.717) is 24.1 Å². The van der Waals surface area contributed by atoms with Gasteiger partial charge < -0.3 is 16.2 Å². The lowest BCUT2D eigenvalue weighted by Crippen LogP contribution is -2.28. The molecule has 2 aromatic carbocycles. The van der Waals surface area contributed by atoms with Crippen molar-refractivity contribution in [2.75, 3.05) is 13.2 Å². The van der Waals surface area contributed by atoms with E-state index in [-0.39, 0.29) is 6.61 Å². The van der Waals surface area contributed by atoms with Gasteiger partial charge in [0.2, 0.25) is 0 Å². The van der Waals surface area contributed by atoms with Crippen molar-refractivity contribution in [3.63, 3.8) is 0 Å². The van der Waals surface area contributed by atoms with Gasteiger partial charge in [-0.2, -0.15) is 0 Å². The van der Waals surface area contributed by atoms with Gasteiger partial charge in [-0.15, -0.1) is 0 Å². The van der Waals surface area contributed by atoms with Crippen LogP contribution in [0.1, 0.15) is 29.0 Å². The largest absolute Gasteiger partial charge is 0.484 e. The van der Waals surface area contributed by atoms with E-state index in [9.17, 15) is 4.79 Å². The van der Waals surface area contributed by atoms with Crippen molar-refractivity contribution in [1.29, 1.82) is 0 Å². The lowest BCUT2D eigenvalue weighted by molar-refractivity contribution is -0.119. The first-order valence-electron chi connectivity index (χ1n) is 8.45. The lowest BCUT2D eigenvalue weighted by Gasteiger charge is -2.33. The number of nitrogens with two attached hydrogens (primary N) is 2. The fourth-order valence-electron chi connectivity index (χ4n) is 3.61. The number of carbonyl (C=O) groups is 1. The number of aryl methyl sites for hydroxylation is 1. The maximum absolute atomic E-state index is 10.9. The zero-order valence-corrected chi connectivity index (χ0v) is 13.8. The minimum Gasteiger partial charge on any atom is -0.484 e. The molecule has 1 amide bonds. The minimum absolute atomic E-state index is 0.0948. The molecule has 2 unspecified atom stereocenters. The summed E-state index contributed by atoms with van der Waals surface area (Å²) in [7, 11) is 0. The van der Waals surface area contributed by atoms with Crippen LogP contribution in [0.2, 0.25) is 0 Å². The predicted octanol–water partition coefficient (Wildman–Crippen LogP) is 2.40. The van der Waals surface area contributed by atoms with Gasteiger partial charge in [0, 0.05) is 0 Å². The van der Waals surface area contributed by atoms with Crippen LogP contribution in [-0.2, 0) is 17.6 Å². The van der Waals surface area contributed by atoms with Gasteiger partial charge in [-0.05, 0) is 66.5 Å². The molecule has 2 atom stereocenters. The molecule has 0 heterocycles. The molecule has 4 nitrogen and oxygen atoms in total. The van der Waals surface area contributed by atoms with Crippen LogP contribution in [0.15, 0.2) is 48.5 Å². The Labute approximate surface area is 142 Å². The molecular weight excluding hydrogens is 300 g/mol. The fourth-order valence-corrected chi connectivity index (χ4v) is 3.61. The summed E-state index contributed by atoms with van der Waals surface area (Å²) in [6.07, 6.45) is 3.12. The second-order valence-electron chi connectivity index (χ2n) is 6.45. The molecule has 4 heteroatoms. The predicted molar refractivity (Wildman–Crippen MR) is 94.9 cm³/mol. The zero-order valence-electron chi connectivity index (χ0n) is 13.8. The number of hydrogen-bond acceptors (Lipinski definition) is 3. The van der Waals surface area contributed by atoms with Crippen molar-refractivity contribution in [2.24, 2.45) is 17.4 Å². The Bertz CT molecular complexity index is 700. The van der Waals surface area contributed by atoms with Gasteiger partial charge in [0.1, 0.15) is 5.75 Å². The summed E-state index contributed by atoms with van der Waals surface area (Å²) < 4.78 is 5.50. The first-order chi connectivity index (χ1) is 11.7. The first-order valence-corrected chi connectivity index (χ1v) is 8.45. The number of benzene rings is 2. The standard InChI is InChI=1S/C20H24N2O2/c21-12-16-7-6-15-8-9-17(24-13-20(22)23)11-19(15)18(16)10-14-4-2-1-3-5-14/h1-5,8-9,11,16,18H,6-7,10,12-13,21H2,(H2,22,23). The molecule has 126 valence electrons. The molecule has 1 aliphatic carbocycles. The third-order valence-electron chi connectivity index (χ3n) is 4.85. The summed E-state index contributed by atoms with van der Waals surface area (Å²) in [5.41, 5.74) is 15.2. The van der Waals surface area contributed by atoms with Crippen molar-refractivity contribution in [2.45, 2.75) is 25.2 Å². The maximum Gasteiger partial charge on any atom is 0.255 e. The molecule has 0 saturated heterocycles. The van der Waals surface area contributed by atoms with Crippen LogP contribution in [0.3, 0.4) is 0 Å². The summed E-state index contributed by atoms with van der Waals surface area (Å²) in [5, 5.41) is 0. The van der Waals surface area contributed by atoms with Crippen molar-refractivity contribution in [3.8, 4) is 5.75 Å². The number of amides is 1. The summed E-state index contributed by atoms with van der Waals surface area (Å²) >= 11 is 0. The minimum atomic E-state index is -0.464. The Hall–Kier alpha value is -2.33. The van der Waals surface area contributed by atoms with Gasteiger partial charge >= 0.3 is 0 Å². The molecular formula is C20H24N2O2. The molecule has 0 fully saturated rings. The maximum atomic E-state index is 10.9. The molecule has 4 N–H and O–H groups in total.